The molecule has 3 rings (SSSR count). The van der Waals surface area contributed by atoms with Crippen molar-refractivity contribution in [2.24, 2.45) is 10.7 Å². The molecule has 2 fully saturated rings. The van der Waals surface area contributed by atoms with E-state index in [1.54, 1.807) is 0 Å². The molecule has 2 aliphatic heterocycles. The van der Waals surface area contributed by atoms with Gasteiger partial charge in [0.15, 0.2) is 5.96 Å². The van der Waals surface area contributed by atoms with E-state index in [1.165, 1.54) is 0 Å². The number of nitrogens with zero attached hydrogens (tertiary/aromatic N) is 2. The van der Waals surface area contributed by atoms with Crippen LogP contribution in [0.2, 0.25) is 0 Å². The summed E-state index contributed by atoms with van der Waals surface area (Å²) in [6, 6.07) is 3.20. The van der Waals surface area contributed by atoms with Crippen molar-refractivity contribution in [3.63, 3.8) is 0 Å². The highest BCUT2D eigenvalue weighted by Crippen LogP contribution is 2.34. The van der Waals surface area contributed by atoms with Crippen molar-refractivity contribution in [1.29, 1.82) is 0 Å². The monoisotopic (exact) mass is 484 g/mol. The zero-order chi connectivity index (χ0) is 17.0. The van der Waals surface area contributed by atoms with Crippen LogP contribution in [0.3, 0.4) is 0 Å². The van der Waals surface area contributed by atoms with Crippen LogP contribution in [0.1, 0.15) is 6.42 Å². The van der Waals surface area contributed by atoms with E-state index >= 15 is 0 Å². The van der Waals surface area contributed by atoms with Crippen LogP contribution in [0.4, 0.5) is 14.5 Å². The molecule has 9 heteroatoms. The predicted octanol–water partition coefficient (Wildman–Crippen LogP) is 2.52. The van der Waals surface area contributed by atoms with E-state index in [0.29, 0.717) is 6.54 Å². The summed E-state index contributed by atoms with van der Waals surface area (Å²) in [5.41, 5.74) is 5.86. The number of rotatable bonds is 4. The summed E-state index contributed by atoms with van der Waals surface area (Å²) in [5, 5.41) is 2.66. The first kappa shape index (κ1) is 20.7. The number of ether oxygens (including phenoxy) is 1. The van der Waals surface area contributed by atoms with Gasteiger partial charge in [-0.3, -0.25) is 9.89 Å². The number of nitrogens with two attached hydrogens (primary N) is 1. The zero-order valence-electron chi connectivity index (χ0n) is 13.8. The van der Waals surface area contributed by atoms with Gasteiger partial charge in [0.2, 0.25) is 0 Å². The second-order valence-electron chi connectivity index (χ2n) is 6.08. The number of aliphatic imine (C=N–C) groups is 1. The minimum atomic E-state index is -0.561. The number of guanidine groups is 1. The molecule has 3 N–H and O–H groups in total. The van der Waals surface area contributed by atoms with Crippen molar-refractivity contribution in [3.8, 4) is 0 Å². The predicted molar refractivity (Wildman–Crippen MR) is 109 cm³/mol. The smallest absolute Gasteiger partial charge is 0.193 e. The van der Waals surface area contributed by atoms with Gasteiger partial charge in [0, 0.05) is 24.9 Å². The van der Waals surface area contributed by atoms with Crippen LogP contribution in [-0.4, -0.2) is 60.8 Å². The lowest BCUT2D eigenvalue weighted by atomic mass is 9.96. The molecule has 2 saturated heterocycles. The molecule has 0 spiro atoms. The fraction of sp³-hybridized carbons (Fsp3) is 0.562. The molecule has 25 heavy (non-hydrogen) atoms. The van der Waals surface area contributed by atoms with Crippen LogP contribution >= 0.6 is 35.7 Å². The molecule has 2 aliphatic rings. The van der Waals surface area contributed by atoms with Crippen molar-refractivity contribution < 1.29 is 13.5 Å². The Morgan fingerprint density at radius 3 is 2.80 bits per heavy atom. The second kappa shape index (κ2) is 9.33. The SMILES string of the molecule is I.NC(=NCC1(N2CCOCC2)CCSC1)Nc1cc(F)ccc1F. The van der Waals surface area contributed by atoms with Gasteiger partial charge >= 0.3 is 0 Å². The molecule has 1 unspecified atom stereocenters. The Morgan fingerprint density at radius 2 is 2.12 bits per heavy atom. The Bertz CT molecular complexity index is 608. The van der Waals surface area contributed by atoms with E-state index < -0.39 is 11.6 Å². The fourth-order valence-corrected chi connectivity index (χ4v) is 4.58. The zero-order valence-corrected chi connectivity index (χ0v) is 17.0. The van der Waals surface area contributed by atoms with Crippen LogP contribution in [0.5, 0.6) is 0 Å². The van der Waals surface area contributed by atoms with Gasteiger partial charge in [0.25, 0.3) is 0 Å². The number of morpholine rings is 1. The summed E-state index contributed by atoms with van der Waals surface area (Å²) in [6.45, 7) is 3.79. The Kier molecular flexibility index (Phi) is 7.71. The number of thioether (sulfide) groups is 1. The molecule has 2 heterocycles. The Morgan fingerprint density at radius 1 is 1.36 bits per heavy atom. The van der Waals surface area contributed by atoms with Crippen LogP contribution in [0.15, 0.2) is 23.2 Å². The van der Waals surface area contributed by atoms with Gasteiger partial charge in [-0.1, -0.05) is 0 Å². The van der Waals surface area contributed by atoms with E-state index in [1.807, 2.05) is 11.8 Å². The second-order valence-corrected chi connectivity index (χ2v) is 7.18. The summed E-state index contributed by atoms with van der Waals surface area (Å²) < 4.78 is 32.3. The number of benzene rings is 1. The third kappa shape index (κ3) is 5.18. The minimum Gasteiger partial charge on any atom is -0.379 e. The lowest BCUT2D eigenvalue weighted by Gasteiger charge is -2.42. The van der Waals surface area contributed by atoms with Crippen LogP contribution in [-0.2, 0) is 4.74 Å². The highest BCUT2D eigenvalue weighted by atomic mass is 127. The molecular weight excluding hydrogens is 461 g/mol. The summed E-state index contributed by atoms with van der Waals surface area (Å²) in [4.78, 5) is 6.84. The summed E-state index contributed by atoms with van der Waals surface area (Å²) in [7, 11) is 0. The molecule has 1 aromatic rings. The first-order valence-corrected chi connectivity index (χ1v) is 9.17. The van der Waals surface area contributed by atoms with Gasteiger partial charge in [0.1, 0.15) is 11.6 Å². The Balaban J connectivity index is 0.00000225. The average molecular weight is 484 g/mol. The molecule has 0 saturated carbocycles. The molecule has 1 atom stereocenters. The standard InChI is InChI=1S/C16H22F2N4OS.HI/c17-12-1-2-13(18)14(9-12)21-15(19)20-10-16(3-8-24-11-16)22-4-6-23-7-5-22;/h1-2,9H,3-8,10-11H2,(H3,19,20,21);1H. The average Bonchev–Trinajstić information content (AvgIpc) is 3.07. The highest BCUT2D eigenvalue weighted by Gasteiger charge is 2.40. The third-order valence-corrected chi connectivity index (χ3v) is 5.73. The van der Waals surface area contributed by atoms with Crippen molar-refractivity contribution in [2.45, 2.75) is 12.0 Å². The van der Waals surface area contributed by atoms with Crippen LogP contribution in [0, 0.1) is 11.6 Å². The molecular formula is C16H23F2IN4OS. The molecule has 5 nitrogen and oxygen atoms in total. The minimum absolute atomic E-state index is 0. The largest absolute Gasteiger partial charge is 0.379 e. The molecule has 140 valence electrons. The van der Waals surface area contributed by atoms with Gasteiger partial charge < -0.3 is 15.8 Å². The summed E-state index contributed by atoms with van der Waals surface area (Å²) in [5.74, 6) is 1.11. The summed E-state index contributed by atoms with van der Waals surface area (Å²) >= 11 is 1.91. The lowest BCUT2D eigenvalue weighted by molar-refractivity contribution is -0.0104. The number of halogens is 3. The molecule has 0 radical (unpaired) electrons. The molecule has 0 aromatic heterocycles. The maximum Gasteiger partial charge on any atom is 0.193 e. The normalized spacial score (nSPS) is 24.8. The maximum atomic E-state index is 13.7. The number of hydrogen-bond acceptors (Lipinski definition) is 4. The van der Waals surface area contributed by atoms with Crippen LogP contribution in [0.25, 0.3) is 0 Å². The third-order valence-electron chi connectivity index (χ3n) is 4.50. The number of hydrogen-bond donors (Lipinski definition) is 2. The fourth-order valence-electron chi connectivity index (χ4n) is 3.11. The van der Waals surface area contributed by atoms with Gasteiger partial charge in [-0.15, -0.1) is 24.0 Å². The van der Waals surface area contributed by atoms with Crippen LogP contribution < -0.4 is 11.1 Å². The Hall–Kier alpha value is -0.650. The lowest BCUT2D eigenvalue weighted by Crippen LogP contribution is -2.56. The van der Waals surface area contributed by atoms with Gasteiger partial charge in [-0.2, -0.15) is 11.8 Å². The van der Waals surface area contributed by atoms with Crippen molar-refractivity contribution >= 4 is 47.4 Å². The van der Waals surface area contributed by atoms with E-state index in [9.17, 15) is 8.78 Å². The van der Waals surface area contributed by atoms with E-state index in [4.69, 9.17) is 10.5 Å². The first-order valence-electron chi connectivity index (χ1n) is 8.02. The Labute approximate surface area is 167 Å². The van der Waals surface area contributed by atoms with E-state index in [2.05, 4.69) is 15.2 Å². The molecule has 0 aliphatic carbocycles. The number of nitrogens with one attached hydrogen (secondary N) is 1. The van der Waals surface area contributed by atoms with Gasteiger partial charge in [-0.25, -0.2) is 8.78 Å². The van der Waals surface area contributed by atoms with Gasteiger partial charge in [0.05, 0.1) is 31.0 Å². The topological polar surface area (TPSA) is 62.9 Å². The maximum absolute atomic E-state index is 13.7. The highest BCUT2D eigenvalue weighted by molar-refractivity contribution is 14.0. The molecule has 0 bridgehead atoms. The van der Waals surface area contributed by atoms with E-state index in [0.717, 1.165) is 62.4 Å². The van der Waals surface area contributed by atoms with Gasteiger partial charge in [-0.05, 0) is 24.3 Å². The number of anilines is 1. The van der Waals surface area contributed by atoms with Crippen molar-refractivity contribution in [3.05, 3.63) is 29.8 Å². The van der Waals surface area contributed by atoms with Crippen molar-refractivity contribution in [2.75, 3.05) is 49.7 Å². The molecule has 1 aromatic carbocycles. The summed E-state index contributed by atoms with van der Waals surface area (Å²) in [6.07, 6.45) is 1.04. The quantitative estimate of drug-likeness (QED) is 0.391. The van der Waals surface area contributed by atoms with Crippen molar-refractivity contribution in [1.82, 2.24) is 4.90 Å². The van der Waals surface area contributed by atoms with E-state index in [-0.39, 0.29) is 41.2 Å². The first-order chi connectivity index (χ1) is 11.6. The molecule has 0 amide bonds.